The third kappa shape index (κ3) is 5.70. The number of aromatic nitrogens is 1. The highest BCUT2D eigenvalue weighted by Gasteiger charge is 2.24. The van der Waals surface area contributed by atoms with Crippen molar-refractivity contribution in [2.24, 2.45) is 0 Å². The molecule has 2 rings (SSSR count). The van der Waals surface area contributed by atoms with Gasteiger partial charge < -0.3 is 20.1 Å². The zero-order chi connectivity index (χ0) is 18.6. The Morgan fingerprint density at radius 1 is 1.32 bits per heavy atom. The van der Waals surface area contributed by atoms with Crippen molar-refractivity contribution in [3.63, 3.8) is 0 Å². The highest BCUT2D eigenvalue weighted by atomic mass is 16.5. The first-order chi connectivity index (χ1) is 11.7. The molecular formula is C18H27N3O4. The molecule has 0 radical (unpaired) electrons. The van der Waals surface area contributed by atoms with Gasteiger partial charge in [0.1, 0.15) is 5.82 Å². The van der Waals surface area contributed by atoms with Gasteiger partial charge in [-0.2, -0.15) is 0 Å². The summed E-state index contributed by atoms with van der Waals surface area (Å²) in [5, 5.41) is 11.6. The lowest BCUT2D eigenvalue weighted by atomic mass is 9.98. The van der Waals surface area contributed by atoms with Crippen LogP contribution in [0.2, 0.25) is 0 Å². The molecule has 2 heterocycles. The fraction of sp³-hybridized carbons (Fsp3) is 0.611. The quantitative estimate of drug-likeness (QED) is 0.817. The van der Waals surface area contributed by atoms with E-state index < -0.39 is 11.5 Å². The second-order valence-electron chi connectivity index (χ2n) is 7.30. The van der Waals surface area contributed by atoms with Gasteiger partial charge in [0.25, 0.3) is 5.91 Å². The highest BCUT2D eigenvalue weighted by molar-refractivity contribution is 5.94. The van der Waals surface area contributed by atoms with Crippen LogP contribution in [0.4, 0.5) is 5.82 Å². The minimum absolute atomic E-state index is 0.0118. The molecule has 1 saturated heterocycles. The average Bonchev–Trinajstić information content (AvgIpc) is 2.52. The van der Waals surface area contributed by atoms with E-state index in [0.717, 1.165) is 18.9 Å². The second kappa shape index (κ2) is 7.82. The van der Waals surface area contributed by atoms with Crippen molar-refractivity contribution in [2.75, 3.05) is 18.0 Å². The summed E-state index contributed by atoms with van der Waals surface area (Å²) in [6.07, 6.45) is 2.22. The number of carboxylic acid groups (broad SMARTS) is 1. The van der Waals surface area contributed by atoms with Gasteiger partial charge in [-0.15, -0.1) is 0 Å². The van der Waals surface area contributed by atoms with E-state index in [4.69, 9.17) is 9.84 Å². The number of hydrogen-bond acceptors (Lipinski definition) is 5. The summed E-state index contributed by atoms with van der Waals surface area (Å²) >= 11 is 0. The number of aliphatic carboxylic acids is 1. The number of anilines is 1. The van der Waals surface area contributed by atoms with E-state index in [0.29, 0.717) is 12.0 Å². The molecule has 1 fully saturated rings. The van der Waals surface area contributed by atoms with Crippen molar-refractivity contribution in [2.45, 2.75) is 58.3 Å². The van der Waals surface area contributed by atoms with Crippen LogP contribution in [0.5, 0.6) is 0 Å². The van der Waals surface area contributed by atoms with Crippen LogP contribution in [0.25, 0.3) is 0 Å². The van der Waals surface area contributed by atoms with Gasteiger partial charge in [-0.1, -0.05) is 0 Å². The number of carbonyl (C=O) groups excluding carboxylic acids is 1. The monoisotopic (exact) mass is 349 g/mol. The molecule has 1 aromatic rings. The Labute approximate surface area is 148 Å². The molecule has 0 bridgehead atoms. The molecule has 1 amide bonds. The Morgan fingerprint density at radius 2 is 1.96 bits per heavy atom. The maximum absolute atomic E-state index is 12.4. The Kier molecular flexibility index (Phi) is 6.00. The van der Waals surface area contributed by atoms with Crippen LogP contribution in [0.3, 0.4) is 0 Å². The van der Waals surface area contributed by atoms with Crippen molar-refractivity contribution < 1.29 is 19.4 Å². The Bertz CT molecular complexity index is 605. The van der Waals surface area contributed by atoms with Crippen LogP contribution >= 0.6 is 0 Å². The molecule has 7 nitrogen and oxygen atoms in total. The first kappa shape index (κ1) is 19.2. The summed E-state index contributed by atoms with van der Waals surface area (Å²) in [5.74, 6) is -0.302. The van der Waals surface area contributed by atoms with E-state index >= 15 is 0 Å². The molecule has 0 spiro atoms. The number of carbonyl (C=O) groups is 2. The number of amides is 1. The summed E-state index contributed by atoms with van der Waals surface area (Å²) in [6, 6.07) is 3.58. The fourth-order valence-corrected chi connectivity index (χ4v) is 2.93. The average molecular weight is 349 g/mol. The van der Waals surface area contributed by atoms with E-state index in [-0.39, 0.29) is 24.5 Å². The van der Waals surface area contributed by atoms with E-state index in [9.17, 15) is 9.59 Å². The predicted octanol–water partition coefficient (Wildman–Crippen LogP) is 2.07. The lowest BCUT2D eigenvalue weighted by molar-refractivity contribution is -0.137. The van der Waals surface area contributed by atoms with Crippen molar-refractivity contribution in [3.8, 4) is 0 Å². The van der Waals surface area contributed by atoms with Crippen molar-refractivity contribution >= 4 is 17.7 Å². The second-order valence-corrected chi connectivity index (χ2v) is 7.30. The van der Waals surface area contributed by atoms with Gasteiger partial charge in [0.05, 0.1) is 17.8 Å². The molecule has 1 aliphatic heterocycles. The lowest BCUT2D eigenvalue weighted by Gasteiger charge is -2.36. The lowest BCUT2D eigenvalue weighted by Crippen LogP contribution is -2.46. The Hall–Kier alpha value is -2.15. The minimum atomic E-state index is -0.873. The summed E-state index contributed by atoms with van der Waals surface area (Å²) in [7, 11) is 0. The summed E-state index contributed by atoms with van der Waals surface area (Å²) in [6.45, 7) is 9.22. The van der Waals surface area contributed by atoms with Crippen molar-refractivity contribution in [1.82, 2.24) is 10.3 Å². The summed E-state index contributed by atoms with van der Waals surface area (Å²) in [4.78, 5) is 29.6. The molecule has 0 aromatic carbocycles. The molecule has 2 unspecified atom stereocenters. The third-order valence-corrected chi connectivity index (χ3v) is 4.17. The first-order valence-electron chi connectivity index (χ1n) is 8.57. The number of pyridine rings is 1. The van der Waals surface area contributed by atoms with E-state index in [1.165, 1.54) is 0 Å². The zero-order valence-corrected chi connectivity index (χ0v) is 15.3. The van der Waals surface area contributed by atoms with Gasteiger partial charge in [0.2, 0.25) is 0 Å². The number of rotatable bonds is 6. The normalized spacial score (nSPS) is 21.0. The molecular weight excluding hydrogens is 322 g/mol. The largest absolute Gasteiger partial charge is 0.481 e. The van der Waals surface area contributed by atoms with Gasteiger partial charge in [0, 0.05) is 31.2 Å². The molecule has 1 aromatic heterocycles. The SMILES string of the molecule is CC1CN(c2ccc(C(=O)NC(C)(C)CCC(=O)O)cn2)CC(C)O1. The minimum Gasteiger partial charge on any atom is -0.481 e. The maximum atomic E-state index is 12.4. The molecule has 2 atom stereocenters. The predicted molar refractivity (Wildman–Crippen MR) is 94.9 cm³/mol. The fourth-order valence-electron chi connectivity index (χ4n) is 2.93. The smallest absolute Gasteiger partial charge is 0.303 e. The van der Waals surface area contributed by atoms with Gasteiger partial charge in [-0.25, -0.2) is 4.98 Å². The van der Waals surface area contributed by atoms with Gasteiger partial charge in [-0.05, 0) is 46.2 Å². The van der Waals surface area contributed by atoms with Crippen molar-refractivity contribution in [1.29, 1.82) is 0 Å². The standard InChI is InChI=1S/C18H27N3O4/c1-12-10-21(11-13(2)25-12)15-6-5-14(9-19-15)17(24)20-18(3,4)8-7-16(22)23/h5-6,9,12-13H,7-8,10-11H2,1-4H3,(H,20,24)(H,22,23). The van der Waals surface area contributed by atoms with Crippen LogP contribution in [-0.4, -0.2) is 52.8 Å². The zero-order valence-electron chi connectivity index (χ0n) is 15.3. The van der Waals surface area contributed by atoms with Gasteiger partial charge in [0.15, 0.2) is 0 Å². The van der Waals surface area contributed by atoms with Gasteiger partial charge in [-0.3, -0.25) is 9.59 Å². The first-order valence-corrected chi connectivity index (χ1v) is 8.57. The molecule has 0 saturated carbocycles. The van der Waals surface area contributed by atoms with E-state index in [2.05, 4.69) is 15.2 Å². The Morgan fingerprint density at radius 3 is 2.48 bits per heavy atom. The van der Waals surface area contributed by atoms with Crippen LogP contribution in [0, 0.1) is 0 Å². The molecule has 1 aliphatic rings. The molecule has 138 valence electrons. The topological polar surface area (TPSA) is 91.8 Å². The number of hydrogen-bond donors (Lipinski definition) is 2. The number of nitrogens with zero attached hydrogens (tertiary/aromatic N) is 2. The van der Waals surface area contributed by atoms with Crippen LogP contribution < -0.4 is 10.2 Å². The highest BCUT2D eigenvalue weighted by Crippen LogP contribution is 2.19. The third-order valence-electron chi connectivity index (χ3n) is 4.17. The van der Waals surface area contributed by atoms with Crippen LogP contribution in [-0.2, 0) is 9.53 Å². The Balaban J connectivity index is 1.99. The molecule has 2 N–H and O–H groups in total. The molecule has 25 heavy (non-hydrogen) atoms. The van der Waals surface area contributed by atoms with Crippen LogP contribution in [0.15, 0.2) is 18.3 Å². The number of nitrogens with one attached hydrogen (secondary N) is 1. The number of carboxylic acids is 1. The number of morpholine rings is 1. The maximum Gasteiger partial charge on any atom is 0.303 e. The summed E-state index contributed by atoms with van der Waals surface area (Å²) in [5.41, 5.74) is -0.134. The van der Waals surface area contributed by atoms with Gasteiger partial charge >= 0.3 is 5.97 Å². The van der Waals surface area contributed by atoms with E-state index in [1.807, 2.05) is 33.8 Å². The summed E-state index contributed by atoms with van der Waals surface area (Å²) < 4.78 is 5.72. The van der Waals surface area contributed by atoms with E-state index in [1.54, 1.807) is 12.3 Å². The van der Waals surface area contributed by atoms with Crippen LogP contribution in [0.1, 0.15) is 50.9 Å². The number of ether oxygens (including phenoxy) is 1. The van der Waals surface area contributed by atoms with Crippen molar-refractivity contribution in [3.05, 3.63) is 23.9 Å². The molecule has 7 heteroatoms. The molecule has 0 aliphatic carbocycles.